The summed E-state index contributed by atoms with van der Waals surface area (Å²) < 4.78 is 3.02. The van der Waals surface area contributed by atoms with Gasteiger partial charge in [0.2, 0.25) is 0 Å². The first-order chi connectivity index (χ1) is 9.52. The molecule has 2 heterocycles. The lowest BCUT2D eigenvalue weighted by atomic mass is 9.98. The third-order valence-electron chi connectivity index (χ3n) is 3.89. The lowest BCUT2D eigenvalue weighted by Gasteiger charge is -2.33. The Morgan fingerprint density at radius 2 is 2.30 bits per heavy atom. The van der Waals surface area contributed by atoms with Crippen LogP contribution in [0.5, 0.6) is 0 Å². The Morgan fingerprint density at radius 1 is 1.55 bits per heavy atom. The molecule has 20 heavy (non-hydrogen) atoms. The van der Waals surface area contributed by atoms with E-state index < -0.39 is 0 Å². The van der Waals surface area contributed by atoms with Crippen molar-refractivity contribution in [2.75, 3.05) is 26.7 Å². The predicted octanol–water partition coefficient (Wildman–Crippen LogP) is 2.90. The summed E-state index contributed by atoms with van der Waals surface area (Å²) in [6.45, 7) is 6.92. The van der Waals surface area contributed by atoms with Gasteiger partial charge in [-0.05, 0) is 68.2 Å². The van der Waals surface area contributed by atoms with Crippen molar-refractivity contribution in [3.05, 3.63) is 22.4 Å². The van der Waals surface area contributed by atoms with Gasteiger partial charge in [0.25, 0.3) is 5.91 Å². The summed E-state index contributed by atoms with van der Waals surface area (Å²) in [7, 11) is 1.97. The molecule has 1 aliphatic heterocycles. The molecule has 2 rings (SSSR count). The van der Waals surface area contributed by atoms with Crippen LogP contribution in [0.1, 0.15) is 43.2 Å². The summed E-state index contributed by atoms with van der Waals surface area (Å²) >= 11 is 3.48. The summed E-state index contributed by atoms with van der Waals surface area (Å²) in [6.07, 6.45) is 4.30. The van der Waals surface area contributed by atoms with Crippen LogP contribution >= 0.6 is 15.9 Å². The number of hydrogen-bond donors (Lipinski definition) is 1. The molecule has 1 aromatic heterocycles. The van der Waals surface area contributed by atoms with E-state index in [2.05, 4.69) is 35.1 Å². The maximum atomic E-state index is 12.8. The smallest absolute Gasteiger partial charge is 0.270 e. The number of nitrogens with zero attached hydrogens (tertiary/aromatic N) is 2. The van der Waals surface area contributed by atoms with Gasteiger partial charge in [-0.2, -0.15) is 0 Å². The highest BCUT2D eigenvalue weighted by atomic mass is 79.9. The van der Waals surface area contributed by atoms with Crippen LogP contribution in [0.3, 0.4) is 0 Å². The van der Waals surface area contributed by atoms with E-state index in [1.54, 1.807) is 0 Å². The second kappa shape index (κ2) is 6.76. The zero-order valence-corrected chi connectivity index (χ0v) is 14.1. The van der Waals surface area contributed by atoms with E-state index in [0.29, 0.717) is 5.92 Å². The number of nitrogens with one attached hydrogen (secondary N) is 1. The summed E-state index contributed by atoms with van der Waals surface area (Å²) in [4.78, 5) is 14.8. The lowest BCUT2D eigenvalue weighted by Crippen LogP contribution is -2.43. The number of carbonyl (C=O) groups excluding carboxylic acids is 1. The van der Waals surface area contributed by atoms with Gasteiger partial charge in [0.05, 0.1) is 0 Å². The van der Waals surface area contributed by atoms with Crippen LogP contribution in [-0.4, -0.2) is 42.1 Å². The number of aromatic nitrogens is 1. The molecule has 1 saturated heterocycles. The van der Waals surface area contributed by atoms with E-state index in [-0.39, 0.29) is 11.9 Å². The molecule has 0 aromatic carbocycles. The van der Waals surface area contributed by atoms with Crippen LogP contribution in [0.25, 0.3) is 0 Å². The van der Waals surface area contributed by atoms with E-state index in [4.69, 9.17) is 0 Å². The molecule has 1 aromatic rings. The van der Waals surface area contributed by atoms with Crippen molar-refractivity contribution in [2.24, 2.45) is 5.92 Å². The van der Waals surface area contributed by atoms with Crippen LogP contribution < -0.4 is 5.32 Å². The van der Waals surface area contributed by atoms with Crippen molar-refractivity contribution in [1.82, 2.24) is 14.8 Å². The van der Waals surface area contributed by atoms with Gasteiger partial charge < -0.3 is 14.8 Å². The van der Waals surface area contributed by atoms with Gasteiger partial charge in [-0.25, -0.2) is 0 Å². The Labute approximate surface area is 129 Å². The van der Waals surface area contributed by atoms with E-state index in [0.717, 1.165) is 36.2 Å². The van der Waals surface area contributed by atoms with Crippen LogP contribution in [-0.2, 0) is 0 Å². The van der Waals surface area contributed by atoms with Gasteiger partial charge in [-0.15, -0.1) is 0 Å². The molecule has 5 heteroatoms. The molecule has 0 bridgehead atoms. The molecule has 4 nitrogen and oxygen atoms in total. The Morgan fingerprint density at radius 3 is 2.95 bits per heavy atom. The second-order valence-electron chi connectivity index (χ2n) is 5.86. The van der Waals surface area contributed by atoms with E-state index in [1.807, 2.05) is 28.8 Å². The first-order valence-electron chi connectivity index (χ1n) is 7.34. The van der Waals surface area contributed by atoms with Crippen molar-refractivity contribution >= 4 is 21.8 Å². The van der Waals surface area contributed by atoms with E-state index in [1.165, 1.54) is 6.42 Å². The van der Waals surface area contributed by atoms with Crippen molar-refractivity contribution in [2.45, 2.75) is 32.7 Å². The van der Waals surface area contributed by atoms with Crippen molar-refractivity contribution in [3.8, 4) is 0 Å². The predicted molar refractivity (Wildman–Crippen MR) is 85.1 cm³/mol. The molecule has 1 aliphatic rings. The fourth-order valence-electron chi connectivity index (χ4n) is 2.91. The third-order valence-corrected chi connectivity index (χ3v) is 4.32. The van der Waals surface area contributed by atoms with Gasteiger partial charge in [0.1, 0.15) is 5.69 Å². The zero-order valence-electron chi connectivity index (χ0n) is 12.5. The first-order valence-corrected chi connectivity index (χ1v) is 8.13. The van der Waals surface area contributed by atoms with Crippen molar-refractivity contribution in [3.63, 3.8) is 0 Å². The second-order valence-corrected chi connectivity index (χ2v) is 6.78. The Kier molecular flexibility index (Phi) is 5.27. The topological polar surface area (TPSA) is 37.3 Å². The molecule has 0 aliphatic carbocycles. The van der Waals surface area contributed by atoms with Crippen LogP contribution in [0.4, 0.5) is 0 Å². The number of halogens is 1. The average Bonchev–Trinajstić information content (AvgIpc) is 2.81. The first kappa shape index (κ1) is 15.6. The Hall–Kier alpha value is -0.810. The molecule has 1 atom stereocenters. The Balaban J connectivity index is 2.14. The fraction of sp³-hybridized carbons (Fsp3) is 0.667. The molecular formula is C15H24BrN3O. The lowest BCUT2D eigenvalue weighted by molar-refractivity contribution is 0.0661. The minimum absolute atomic E-state index is 0.158. The van der Waals surface area contributed by atoms with Gasteiger partial charge in [0.15, 0.2) is 0 Å². The summed E-state index contributed by atoms with van der Waals surface area (Å²) in [5.74, 6) is 0.730. The maximum absolute atomic E-state index is 12.8. The van der Waals surface area contributed by atoms with Crippen molar-refractivity contribution in [1.29, 1.82) is 0 Å². The standard InChI is InChI=1S/C15H24BrN3O/c1-11(2)19-10-13(16)7-14(19)15(20)18-6-4-5-12(9-18)8-17-3/h7,10-12,17H,4-6,8-9H2,1-3H3/t12-/m1/s1. The number of rotatable bonds is 4. The van der Waals surface area contributed by atoms with Crippen molar-refractivity contribution < 1.29 is 4.79 Å². The molecule has 0 unspecified atom stereocenters. The number of piperidine rings is 1. The maximum Gasteiger partial charge on any atom is 0.270 e. The largest absolute Gasteiger partial charge is 0.340 e. The molecule has 1 fully saturated rings. The molecular weight excluding hydrogens is 318 g/mol. The summed E-state index contributed by atoms with van der Waals surface area (Å²) in [6, 6.07) is 2.22. The highest BCUT2D eigenvalue weighted by Gasteiger charge is 2.26. The van der Waals surface area contributed by atoms with Crippen LogP contribution in [0.2, 0.25) is 0 Å². The average molecular weight is 342 g/mol. The van der Waals surface area contributed by atoms with Gasteiger partial charge in [0, 0.05) is 29.8 Å². The summed E-state index contributed by atoms with van der Waals surface area (Å²) in [5.41, 5.74) is 0.789. The molecule has 0 spiro atoms. The summed E-state index contributed by atoms with van der Waals surface area (Å²) in [5, 5.41) is 3.22. The number of amides is 1. The molecule has 0 saturated carbocycles. The fourth-order valence-corrected chi connectivity index (χ4v) is 3.35. The third kappa shape index (κ3) is 3.44. The van der Waals surface area contributed by atoms with Gasteiger partial charge >= 0.3 is 0 Å². The highest BCUT2D eigenvalue weighted by molar-refractivity contribution is 9.10. The minimum atomic E-state index is 0.158. The monoisotopic (exact) mass is 341 g/mol. The van der Waals surface area contributed by atoms with Gasteiger partial charge in [-0.3, -0.25) is 4.79 Å². The highest BCUT2D eigenvalue weighted by Crippen LogP contribution is 2.23. The zero-order chi connectivity index (χ0) is 14.7. The molecule has 0 radical (unpaired) electrons. The molecule has 112 valence electrons. The van der Waals surface area contributed by atoms with Crippen LogP contribution in [0, 0.1) is 5.92 Å². The molecule has 1 N–H and O–H groups in total. The number of hydrogen-bond acceptors (Lipinski definition) is 2. The van der Waals surface area contributed by atoms with E-state index >= 15 is 0 Å². The number of likely N-dealkylation sites (tertiary alicyclic amines) is 1. The number of carbonyl (C=O) groups is 1. The minimum Gasteiger partial charge on any atom is -0.340 e. The normalized spacial score (nSPS) is 19.6. The quantitative estimate of drug-likeness (QED) is 0.914. The molecule has 1 amide bonds. The van der Waals surface area contributed by atoms with Crippen LogP contribution in [0.15, 0.2) is 16.7 Å². The van der Waals surface area contributed by atoms with E-state index in [9.17, 15) is 4.79 Å². The Bertz CT molecular complexity index is 468. The van der Waals surface area contributed by atoms with Gasteiger partial charge in [-0.1, -0.05) is 0 Å². The SMILES string of the molecule is CNC[C@H]1CCCN(C(=O)c2cc(Br)cn2C(C)C)C1.